The maximum absolute atomic E-state index is 10.4. The maximum atomic E-state index is 10.4. The lowest BCUT2D eigenvalue weighted by atomic mass is 9.72. The lowest BCUT2D eigenvalue weighted by Crippen LogP contribution is -2.34. The zero-order chi connectivity index (χ0) is 22.5. The highest BCUT2D eigenvalue weighted by Crippen LogP contribution is 2.39. The van der Waals surface area contributed by atoms with Crippen molar-refractivity contribution in [3.8, 4) is 0 Å². The van der Waals surface area contributed by atoms with Crippen molar-refractivity contribution in [2.45, 2.75) is 50.9 Å². The van der Waals surface area contributed by atoms with Gasteiger partial charge in [0.25, 0.3) is 0 Å². The molecule has 2 aromatic heterocycles. The van der Waals surface area contributed by atoms with Crippen LogP contribution in [-0.2, 0) is 0 Å². The number of benzene rings is 1. The van der Waals surface area contributed by atoms with E-state index in [1.165, 1.54) is 43.2 Å². The minimum absolute atomic E-state index is 0.269. The molecule has 0 radical (unpaired) electrons. The Kier molecular flexibility index (Phi) is 7.23. The number of fused-ring (bicyclic) bond motifs is 1. The van der Waals surface area contributed by atoms with Gasteiger partial charge in [-0.15, -0.1) is 0 Å². The molecule has 1 aliphatic heterocycles. The van der Waals surface area contributed by atoms with Crippen molar-refractivity contribution in [2.24, 2.45) is 11.8 Å². The summed E-state index contributed by atoms with van der Waals surface area (Å²) in [5.74, 6) is 1.27. The van der Waals surface area contributed by atoms with Gasteiger partial charge in [0.15, 0.2) is 0 Å². The molecular formula is C29H36N2O2. The second kappa shape index (κ2) is 10.7. The molecule has 0 amide bonds. The second-order valence-electron chi connectivity index (χ2n) is 9.85. The molecule has 3 heterocycles. The summed E-state index contributed by atoms with van der Waals surface area (Å²) in [6.45, 7) is 3.37. The molecule has 2 unspecified atom stereocenters. The minimum atomic E-state index is 0.269. The number of furan rings is 1. The van der Waals surface area contributed by atoms with E-state index in [2.05, 4.69) is 41.3 Å². The van der Waals surface area contributed by atoms with Gasteiger partial charge in [0.05, 0.1) is 6.26 Å². The van der Waals surface area contributed by atoms with Crippen molar-refractivity contribution in [2.75, 3.05) is 26.2 Å². The first-order chi connectivity index (χ1) is 16.3. The predicted octanol–water partition coefficient (Wildman–Crippen LogP) is 6.28. The zero-order valence-corrected chi connectivity index (χ0v) is 19.5. The van der Waals surface area contributed by atoms with E-state index in [1.807, 2.05) is 18.3 Å². The molecule has 0 bridgehead atoms. The Hall–Kier alpha value is -2.43. The first kappa shape index (κ1) is 22.4. The number of rotatable bonds is 8. The molecule has 2 aliphatic rings. The van der Waals surface area contributed by atoms with Gasteiger partial charge in [-0.25, -0.2) is 0 Å². The average molecular weight is 445 g/mol. The fourth-order valence-electron chi connectivity index (χ4n) is 6.00. The van der Waals surface area contributed by atoms with Gasteiger partial charge in [0.1, 0.15) is 5.58 Å². The number of aromatic nitrogens is 1. The van der Waals surface area contributed by atoms with Crippen LogP contribution >= 0.6 is 0 Å². The number of nitrogens with zero attached hydrogens (tertiary/aromatic N) is 2. The average Bonchev–Trinajstić information content (AvgIpc) is 3.36. The molecule has 1 saturated carbocycles. The van der Waals surface area contributed by atoms with E-state index in [0.717, 1.165) is 49.1 Å². The highest BCUT2D eigenvalue weighted by Gasteiger charge is 2.32. The zero-order valence-electron chi connectivity index (χ0n) is 19.5. The molecule has 3 aromatic rings. The van der Waals surface area contributed by atoms with Crippen molar-refractivity contribution in [3.63, 3.8) is 0 Å². The van der Waals surface area contributed by atoms with E-state index in [1.54, 1.807) is 6.26 Å². The summed E-state index contributed by atoms with van der Waals surface area (Å²) >= 11 is 0. The van der Waals surface area contributed by atoms with Crippen LogP contribution in [-0.4, -0.2) is 41.2 Å². The van der Waals surface area contributed by atoms with Crippen molar-refractivity contribution in [1.29, 1.82) is 0 Å². The summed E-state index contributed by atoms with van der Waals surface area (Å²) in [7, 11) is 0. The van der Waals surface area contributed by atoms with Crippen LogP contribution < -0.4 is 0 Å². The van der Waals surface area contributed by atoms with Crippen molar-refractivity contribution < 1.29 is 9.52 Å². The molecule has 1 N–H and O–H groups in total. The third-order valence-corrected chi connectivity index (χ3v) is 7.93. The van der Waals surface area contributed by atoms with Crippen molar-refractivity contribution in [1.82, 2.24) is 9.88 Å². The molecule has 0 saturated heterocycles. The van der Waals surface area contributed by atoms with E-state index in [9.17, 15) is 5.11 Å². The second-order valence-corrected chi connectivity index (χ2v) is 9.85. The number of pyridine rings is 1. The number of hydrogen-bond acceptors (Lipinski definition) is 4. The molecule has 5 rings (SSSR count). The highest BCUT2D eigenvalue weighted by molar-refractivity contribution is 5.82. The Morgan fingerprint density at radius 2 is 2.00 bits per heavy atom. The summed E-state index contributed by atoms with van der Waals surface area (Å²) in [5, 5.41) is 11.6. The number of hydrogen-bond donors (Lipinski definition) is 1. The normalized spacial score (nSPS) is 20.0. The van der Waals surface area contributed by atoms with Gasteiger partial charge >= 0.3 is 0 Å². The minimum Gasteiger partial charge on any atom is -0.464 e. The quantitative estimate of drug-likeness (QED) is 0.444. The Labute approximate surface area is 197 Å². The lowest BCUT2D eigenvalue weighted by molar-refractivity contribution is 0.114. The Balaban J connectivity index is 1.25. The van der Waals surface area contributed by atoms with Crippen LogP contribution in [0.1, 0.15) is 62.1 Å². The molecular weight excluding hydrogens is 408 g/mol. The molecule has 4 nitrogen and oxygen atoms in total. The van der Waals surface area contributed by atoms with Gasteiger partial charge in [0.2, 0.25) is 0 Å². The molecule has 2 atom stereocenters. The topological polar surface area (TPSA) is 49.5 Å². The van der Waals surface area contributed by atoms with Gasteiger partial charge in [-0.3, -0.25) is 9.88 Å². The van der Waals surface area contributed by atoms with Crippen LogP contribution in [0.25, 0.3) is 16.5 Å². The maximum Gasteiger partial charge on any atom is 0.134 e. The largest absolute Gasteiger partial charge is 0.464 e. The van der Waals surface area contributed by atoms with Gasteiger partial charge in [-0.05, 0) is 66.6 Å². The lowest BCUT2D eigenvalue weighted by Gasteiger charge is -2.36. The Bertz CT molecular complexity index is 1050. The third-order valence-electron chi connectivity index (χ3n) is 7.93. The first-order valence-corrected chi connectivity index (χ1v) is 12.7. The number of aliphatic hydroxyl groups excluding tert-OH is 1. The Morgan fingerprint density at radius 3 is 2.76 bits per heavy atom. The van der Waals surface area contributed by atoms with Crippen LogP contribution in [0.3, 0.4) is 0 Å². The van der Waals surface area contributed by atoms with Crippen molar-refractivity contribution in [3.05, 3.63) is 72.3 Å². The summed E-state index contributed by atoms with van der Waals surface area (Å²) < 4.78 is 5.60. The molecule has 33 heavy (non-hydrogen) atoms. The Morgan fingerprint density at radius 1 is 1.09 bits per heavy atom. The molecule has 4 heteroatoms. The smallest absolute Gasteiger partial charge is 0.134 e. The SMILES string of the molecule is OCC(C1CCCCC1)C(CCN1CC=C(c2ccc3ccoc3c2)CC1)c1ccccn1. The number of aliphatic hydroxyl groups is 1. The van der Waals surface area contributed by atoms with Crippen molar-refractivity contribution >= 4 is 16.5 Å². The monoisotopic (exact) mass is 444 g/mol. The van der Waals surface area contributed by atoms with E-state index in [-0.39, 0.29) is 6.61 Å². The van der Waals surface area contributed by atoms with Crippen LogP contribution in [0.5, 0.6) is 0 Å². The van der Waals surface area contributed by atoms with Crippen LogP contribution in [0, 0.1) is 11.8 Å². The molecule has 1 aliphatic carbocycles. The van der Waals surface area contributed by atoms with Gasteiger partial charge in [-0.2, -0.15) is 0 Å². The van der Waals surface area contributed by atoms with Gasteiger partial charge in [0, 0.05) is 42.9 Å². The van der Waals surface area contributed by atoms with E-state index in [4.69, 9.17) is 9.40 Å². The summed E-state index contributed by atoms with van der Waals surface area (Å²) in [6, 6.07) is 14.8. The summed E-state index contributed by atoms with van der Waals surface area (Å²) in [4.78, 5) is 7.28. The van der Waals surface area contributed by atoms with E-state index in [0.29, 0.717) is 17.8 Å². The van der Waals surface area contributed by atoms with E-state index < -0.39 is 0 Å². The third kappa shape index (κ3) is 5.23. The van der Waals surface area contributed by atoms with Crippen LogP contribution in [0.15, 0.2) is 65.4 Å². The van der Waals surface area contributed by atoms with Gasteiger partial charge < -0.3 is 9.52 Å². The first-order valence-electron chi connectivity index (χ1n) is 12.7. The van der Waals surface area contributed by atoms with Gasteiger partial charge in [-0.1, -0.05) is 56.4 Å². The fourth-order valence-corrected chi connectivity index (χ4v) is 6.00. The molecule has 0 spiro atoms. The fraction of sp³-hybridized carbons (Fsp3) is 0.483. The van der Waals surface area contributed by atoms with E-state index >= 15 is 0 Å². The molecule has 1 aromatic carbocycles. The van der Waals surface area contributed by atoms with Crippen LogP contribution in [0.2, 0.25) is 0 Å². The van der Waals surface area contributed by atoms with Crippen LogP contribution in [0.4, 0.5) is 0 Å². The molecule has 1 fully saturated rings. The summed E-state index contributed by atoms with van der Waals surface area (Å²) in [6.07, 6.45) is 14.6. The predicted molar refractivity (Wildman–Crippen MR) is 134 cm³/mol. The summed E-state index contributed by atoms with van der Waals surface area (Å²) in [5.41, 5.74) is 4.82. The molecule has 174 valence electrons. The standard InChI is InChI=1S/C29H36N2O2/c32-21-27(23-6-2-1-3-7-23)26(28-8-4-5-15-30-28)13-18-31-16-11-22(12-17-31)25-10-9-24-14-19-33-29(24)20-25/h4-5,8-11,14-15,19-20,23,26-27,32H,1-3,6-7,12-13,16-18,21H2. The highest BCUT2D eigenvalue weighted by atomic mass is 16.3.